The Morgan fingerprint density at radius 3 is 2.08 bits per heavy atom. The first-order valence-electron chi connectivity index (χ1n) is 3.99. The topological polar surface area (TPSA) is 26.3 Å². The molecule has 0 aromatic heterocycles. The molecule has 2 nitrogen and oxygen atoms in total. The van der Waals surface area contributed by atoms with E-state index in [4.69, 9.17) is 0 Å². The maximum Gasteiger partial charge on any atom is 0.428 e. The van der Waals surface area contributed by atoms with Crippen molar-refractivity contribution in [1.82, 2.24) is 0 Å². The Hall–Kier alpha value is -0.740. The lowest BCUT2D eigenvalue weighted by atomic mass is 10.00. The fraction of sp³-hybridized carbons (Fsp3) is 0.875. The van der Waals surface area contributed by atoms with Gasteiger partial charge in [0, 0.05) is 6.92 Å². The zero-order valence-corrected chi connectivity index (χ0v) is 7.86. The molecule has 1 unspecified atom stereocenters. The van der Waals surface area contributed by atoms with Crippen LogP contribution in [-0.4, -0.2) is 17.7 Å². The second kappa shape index (κ2) is 3.98. The van der Waals surface area contributed by atoms with E-state index in [1.807, 2.05) is 0 Å². The molecule has 78 valence electrons. The number of carbonyl (C=O) groups excluding carboxylic acids is 1. The van der Waals surface area contributed by atoms with Crippen molar-refractivity contribution < 1.29 is 22.7 Å². The van der Waals surface area contributed by atoms with E-state index in [9.17, 15) is 18.0 Å². The predicted molar refractivity (Wildman–Crippen MR) is 41.1 cm³/mol. The van der Waals surface area contributed by atoms with E-state index in [1.165, 1.54) is 0 Å². The van der Waals surface area contributed by atoms with Crippen molar-refractivity contribution in [2.24, 2.45) is 0 Å². The minimum atomic E-state index is -4.51. The average Bonchev–Trinajstić information content (AvgIpc) is 1.82. The second-order valence-corrected chi connectivity index (χ2v) is 3.07. The number of hydrogen-bond donors (Lipinski definition) is 0. The summed E-state index contributed by atoms with van der Waals surface area (Å²) in [6, 6.07) is 0. The molecule has 0 aliphatic heterocycles. The molecule has 0 saturated heterocycles. The number of alkyl halides is 3. The molecule has 1 atom stereocenters. The van der Waals surface area contributed by atoms with E-state index >= 15 is 0 Å². The van der Waals surface area contributed by atoms with Gasteiger partial charge in [-0.25, -0.2) is 0 Å². The summed E-state index contributed by atoms with van der Waals surface area (Å²) in [4.78, 5) is 10.5. The molecule has 0 N–H and O–H groups in total. The zero-order valence-electron chi connectivity index (χ0n) is 7.86. The molecular formula is C8H13F3O2. The molecule has 0 spiro atoms. The summed E-state index contributed by atoms with van der Waals surface area (Å²) in [5.74, 6) is -0.909. The van der Waals surface area contributed by atoms with E-state index in [1.54, 1.807) is 6.92 Å². The summed E-state index contributed by atoms with van der Waals surface area (Å²) in [6.45, 7) is 3.46. The smallest absolute Gasteiger partial charge is 0.428 e. The van der Waals surface area contributed by atoms with Gasteiger partial charge < -0.3 is 4.74 Å². The summed E-state index contributed by atoms with van der Waals surface area (Å²) < 4.78 is 41.4. The number of esters is 1. The van der Waals surface area contributed by atoms with Crippen LogP contribution in [0.2, 0.25) is 0 Å². The lowest BCUT2D eigenvalue weighted by molar-refractivity contribution is -0.265. The number of hydrogen-bond acceptors (Lipinski definition) is 2. The molecule has 0 aromatic rings. The third-order valence-electron chi connectivity index (χ3n) is 1.70. The summed E-state index contributed by atoms with van der Waals surface area (Å²) in [5.41, 5.74) is -2.34. The molecule has 0 radical (unpaired) electrons. The third kappa shape index (κ3) is 3.24. The van der Waals surface area contributed by atoms with E-state index in [2.05, 4.69) is 4.74 Å². The van der Waals surface area contributed by atoms with E-state index in [0.29, 0.717) is 6.42 Å². The third-order valence-corrected chi connectivity index (χ3v) is 1.70. The number of ether oxygens (including phenoxy) is 1. The first-order chi connectivity index (χ1) is 5.73. The molecule has 0 aliphatic carbocycles. The Kier molecular flexibility index (Phi) is 3.75. The van der Waals surface area contributed by atoms with Crippen molar-refractivity contribution in [2.45, 2.75) is 45.4 Å². The van der Waals surface area contributed by atoms with Crippen LogP contribution in [0, 0.1) is 0 Å². The van der Waals surface area contributed by atoms with Gasteiger partial charge in [-0.1, -0.05) is 13.3 Å². The highest BCUT2D eigenvalue weighted by Crippen LogP contribution is 2.36. The van der Waals surface area contributed by atoms with Crippen LogP contribution in [0.25, 0.3) is 0 Å². The molecule has 0 amide bonds. The van der Waals surface area contributed by atoms with Crippen molar-refractivity contribution >= 4 is 5.97 Å². The van der Waals surface area contributed by atoms with Crippen LogP contribution in [-0.2, 0) is 9.53 Å². The molecule has 0 heterocycles. The molecule has 0 aliphatic rings. The van der Waals surface area contributed by atoms with E-state index in [-0.39, 0.29) is 6.42 Å². The molecule has 13 heavy (non-hydrogen) atoms. The van der Waals surface area contributed by atoms with Gasteiger partial charge in [-0.05, 0) is 13.3 Å². The van der Waals surface area contributed by atoms with Gasteiger partial charge in [0.25, 0.3) is 0 Å². The predicted octanol–water partition coefficient (Wildman–Crippen LogP) is 2.67. The van der Waals surface area contributed by atoms with Crippen LogP contribution in [0.15, 0.2) is 0 Å². The normalized spacial score (nSPS) is 16.5. The zero-order chi connectivity index (χ0) is 10.7. The van der Waals surface area contributed by atoms with Gasteiger partial charge >= 0.3 is 12.1 Å². The molecule has 0 fully saturated rings. The highest BCUT2D eigenvalue weighted by molar-refractivity contribution is 5.66. The number of rotatable bonds is 3. The van der Waals surface area contributed by atoms with Crippen LogP contribution >= 0.6 is 0 Å². The summed E-state index contributed by atoms with van der Waals surface area (Å²) >= 11 is 0. The van der Waals surface area contributed by atoms with Gasteiger partial charge in [-0.3, -0.25) is 4.79 Å². The van der Waals surface area contributed by atoms with Crippen LogP contribution in [0.3, 0.4) is 0 Å². The Balaban J connectivity index is 4.62. The largest absolute Gasteiger partial charge is 0.450 e. The minimum Gasteiger partial charge on any atom is -0.450 e. The Morgan fingerprint density at radius 2 is 1.85 bits per heavy atom. The fourth-order valence-electron chi connectivity index (χ4n) is 1.04. The Bertz CT molecular complexity index is 188. The van der Waals surface area contributed by atoms with Gasteiger partial charge in [0.2, 0.25) is 5.60 Å². The van der Waals surface area contributed by atoms with Gasteiger partial charge in [0.1, 0.15) is 0 Å². The minimum absolute atomic E-state index is 0.212. The molecule has 0 saturated carbocycles. The van der Waals surface area contributed by atoms with Gasteiger partial charge in [0.15, 0.2) is 0 Å². The molecule has 0 aromatic carbocycles. The number of halogens is 3. The Labute approximate surface area is 75.1 Å². The van der Waals surface area contributed by atoms with Crippen molar-refractivity contribution in [3.05, 3.63) is 0 Å². The molecule has 5 heteroatoms. The molecular weight excluding hydrogens is 185 g/mol. The first kappa shape index (κ1) is 12.3. The Morgan fingerprint density at radius 1 is 1.38 bits per heavy atom. The van der Waals surface area contributed by atoms with E-state index < -0.39 is 17.7 Å². The quantitative estimate of drug-likeness (QED) is 0.651. The van der Waals surface area contributed by atoms with Crippen LogP contribution < -0.4 is 0 Å². The van der Waals surface area contributed by atoms with Gasteiger partial charge in [-0.15, -0.1) is 0 Å². The van der Waals surface area contributed by atoms with Gasteiger partial charge in [-0.2, -0.15) is 13.2 Å². The second-order valence-electron chi connectivity index (χ2n) is 3.07. The number of carbonyl (C=O) groups is 1. The van der Waals surface area contributed by atoms with E-state index in [0.717, 1.165) is 13.8 Å². The highest BCUT2D eigenvalue weighted by atomic mass is 19.4. The van der Waals surface area contributed by atoms with Crippen molar-refractivity contribution in [3.63, 3.8) is 0 Å². The summed E-state index contributed by atoms with van der Waals surface area (Å²) in [7, 11) is 0. The fourth-order valence-corrected chi connectivity index (χ4v) is 1.04. The first-order valence-corrected chi connectivity index (χ1v) is 3.99. The van der Waals surface area contributed by atoms with Crippen molar-refractivity contribution in [3.8, 4) is 0 Å². The van der Waals surface area contributed by atoms with Crippen LogP contribution in [0.4, 0.5) is 13.2 Å². The monoisotopic (exact) mass is 198 g/mol. The SMILES string of the molecule is CCCC(C)(OC(C)=O)C(F)(F)F. The average molecular weight is 198 g/mol. The maximum atomic E-state index is 12.4. The maximum absolute atomic E-state index is 12.4. The van der Waals surface area contributed by atoms with Crippen LogP contribution in [0.1, 0.15) is 33.6 Å². The standard InChI is InChI=1S/C8H13F3O2/c1-4-5-7(3,8(9,10)11)13-6(2)12/h4-5H2,1-3H3. The molecule has 0 rings (SSSR count). The lowest BCUT2D eigenvalue weighted by Gasteiger charge is -2.30. The molecule has 0 bridgehead atoms. The van der Waals surface area contributed by atoms with Gasteiger partial charge in [0.05, 0.1) is 0 Å². The highest BCUT2D eigenvalue weighted by Gasteiger charge is 2.53. The lowest BCUT2D eigenvalue weighted by Crippen LogP contribution is -2.45. The van der Waals surface area contributed by atoms with Crippen molar-refractivity contribution in [1.29, 1.82) is 0 Å². The summed E-state index contributed by atoms with van der Waals surface area (Å²) in [6.07, 6.45) is -4.41. The van der Waals surface area contributed by atoms with Crippen LogP contribution in [0.5, 0.6) is 0 Å². The summed E-state index contributed by atoms with van der Waals surface area (Å²) in [5, 5.41) is 0. The van der Waals surface area contributed by atoms with Crippen molar-refractivity contribution in [2.75, 3.05) is 0 Å².